The molecule has 0 atom stereocenters. The molecule has 3 rings (SSSR count). The molecule has 1 heterocycles. The highest BCUT2D eigenvalue weighted by molar-refractivity contribution is 5.83. The van der Waals surface area contributed by atoms with Crippen molar-refractivity contribution >= 4 is 11.0 Å². The number of rotatable bonds is 2. The van der Waals surface area contributed by atoms with Crippen molar-refractivity contribution in [3.8, 4) is 16.9 Å². The Morgan fingerprint density at radius 3 is 2.50 bits per heavy atom. The predicted octanol–water partition coefficient (Wildman–Crippen LogP) is 3.78. The van der Waals surface area contributed by atoms with E-state index in [9.17, 15) is 4.79 Å². The van der Waals surface area contributed by atoms with Gasteiger partial charge in [0.05, 0.1) is 18.1 Å². The normalized spacial score (nSPS) is 10.7. The summed E-state index contributed by atoms with van der Waals surface area (Å²) in [5.74, 6) is 0.759. The molecule has 1 aromatic heterocycles. The van der Waals surface area contributed by atoms with E-state index in [2.05, 4.69) is 0 Å². The molecule has 20 heavy (non-hydrogen) atoms. The lowest BCUT2D eigenvalue weighted by Crippen LogP contribution is -2.05. The number of fused-ring (bicyclic) bond motifs is 1. The van der Waals surface area contributed by atoms with Crippen LogP contribution in [0.5, 0.6) is 5.75 Å². The molecule has 0 saturated carbocycles. The minimum atomic E-state index is -0.0138. The van der Waals surface area contributed by atoms with Gasteiger partial charge in [-0.2, -0.15) is 0 Å². The van der Waals surface area contributed by atoms with Crippen LogP contribution in [-0.4, -0.2) is 7.11 Å². The smallest absolute Gasteiger partial charge is 0.200 e. The van der Waals surface area contributed by atoms with Gasteiger partial charge < -0.3 is 9.15 Å². The van der Waals surface area contributed by atoms with Gasteiger partial charge in [0.25, 0.3) is 0 Å². The molecule has 0 aliphatic carbocycles. The van der Waals surface area contributed by atoms with Gasteiger partial charge in [-0.3, -0.25) is 4.79 Å². The van der Waals surface area contributed by atoms with Crippen LogP contribution in [0.15, 0.2) is 57.9 Å². The minimum absolute atomic E-state index is 0.0138. The first-order chi connectivity index (χ1) is 9.70. The van der Waals surface area contributed by atoms with Crippen molar-refractivity contribution in [2.24, 2.45) is 0 Å². The lowest BCUT2D eigenvalue weighted by molar-refractivity contribution is 0.415. The number of para-hydroxylation sites is 1. The molecule has 0 amide bonds. The SMILES string of the molecule is COc1ccc(-c2coc3c(C)cccc3c2=O)cc1. The molecule has 3 heteroatoms. The average molecular weight is 266 g/mol. The van der Waals surface area contributed by atoms with Crippen molar-refractivity contribution in [2.45, 2.75) is 6.92 Å². The molecular formula is C17H14O3. The Labute approximate surface area is 116 Å². The summed E-state index contributed by atoms with van der Waals surface area (Å²) in [4.78, 5) is 12.5. The average Bonchev–Trinajstić information content (AvgIpc) is 2.49. The summed E-state index contributed by atoms with van der Waals surface area (Å²) in [7, 11) is 1.61. The largest absolute Gasteiger partial charge is 0.497 e. The van der Waals surface area contributed by atoms with Gasteiger partial charge in [-0.25, -0.2) is 0 Å². The van der Waals surface area contributed by atoms with Crippen LogP contribution >= 0.6 is 0 Å². The highest BCUT2D eigenvalue weighted by Gasteiger charge is 2.10. The van der Waals surface area contributed by atoms with E-state index >= 15 is 0 Å². The highest BCUT2D eigenvalue weighted by atomic mass is 16.5. The van der Waals surface area contributed by atoms with Crippen molar-refractivity contribution in [3.63, 3.8) is 0 Å². The van der Waals surface area contributed by atoms with Crippen molar-refractivity contribution in [3.05, 3.63) is 64.5 Å². The second-order valence-electron chi connectivity index (χ2n) is 4.66. The van der Waals surface area contributed by atoms with Crippen molar-refractivity contribution in [1.82, 2.24) is 0 Å². The summed E-state index contributed by atoms with van der Waals surface area (Å²) in [6.07, 6.45) is 1.53. The van der Waals surface area contributed by atoms with E-state index < -0.39 is 0 Å². The summed E-state index contributed by atoms with van der Waals surface area (Å²) in [5, 5.41) is 0.610. The molecule has 0 unspecified atom stereocenters. The van der Waals surface area contributed by atoms with Gasteiger partial charge in [-0.1, -0.05) is 24.3 Å². The predicted molar refractivity (Wildman–Crippen MR) is 79.2 cm³/mol. The summed E-state index contributed by atoms with van der Waals surface area (Å²) in [6, 6.07) is 13.0. The fourth-order valence-corrected chi connectivity index (χ4v) is 2.27. The second kappa shape index (κ2) is 4.85. The molecule has 0 N–H and O–H groups in total. The summed E-state index contributed by atoms with van der Waals surface area (Å²) >= 11 is 0. The van der Waals surface area contributed by atoms with Gasteiger partial charge in [0, 0.05) is 0 Å². The summed E-state index contributed by atoms with van der Waals surface area (Å²) < 4.78 is 10.8. The van der Waals surface area contributed by atoms with E-state index in [0.29, 0.717) is 16.5 Å². The minimum Gasteiger partial charge on any atom is -0.497 e. The molecule has 2 aromatic carbocycles. The van der Waals surface area contributed by atoms with Crippen LogP contribution in [0.2, 0.25) is 0 Å². The maximum Gasteiger partial charge on any atom is 0.200 e. The first-order valence-corrected chi connectivity index (χ1v) is 6.36. The molecule has 0 aliphatic heterocycles. The molecule has 0 spiro atoms. The Hall–Kier alpha value is -2.55. The molecular weight excluding hydrogens is 252 g/mol. The molecule has 3 aromatic rings. The molecule has 0 aliphatic rings. The van der Waals surface area contributed by atoms with Gasteiger partial charge in [0.2, 0.25) is 0 Å². The molecule has 100 valence electrons. The van der Waals surface area contributed by atoms with E-state index in [0.717, 1.165) is 16.9 Å². The van der Waals surface area contributed by atoms with Crippen LogP contribution < -0.4 is 10.2 Å². The van der Waals surface area contributed by atoms with Crippen molar-refractivity contribution in [1.29, 1.82) is 0 Å². The first-order valence-electron chi connectivity index (χ1n) is 6.36. The third kappa shape index (κ3) is 1.97. The van der Waals surface area contributed by atoms with Gasteiger partial charge in [0.15, 0.2) is 5.43 Å². The van der Waals surface area contributed by atoms with E-state index in [1.54, 1.807) is 13.2 Å². The number of hydrogen-bond acceptors (Lipinski definition) is 3. The van der Waals surface area contributed by atoms with Crippen LogP contribution in [0, 0.1) is 6.92 Å². The Morgan fingerprint density at radius 1 is 1.05 bits per heavy atom. The van der Waals surface area contributed by atoms with Crippen LogP contribution in [0.3, 0.4) is 0 Å². The Morgan fingerprint density at radius 2 is 1.80 bits per heavy atom. The van der Waals surface area contributed by atoms with Gasteiger partial charge in [-0.15, -0.1) is 0 Å². The zero-order chi connectivity index (χ0) is 14.1. The van der Waals surface area contributed by atoms with Crippen LogP contribution in [0.4, 0.5) is 0 Å². The molecule has 0 radical (unpaired) electrons. The Kier molecular flexibility index (Phi) is 3.03. The molecule has 3 nitrogen and oxygen atoms in total. The molecule has 0 bridgehead atoms. The lowest BCUT2D eigenvalue weighted by atomic mass is 10.0. The molecule has 0 fully saturated rings. The topological polar surface area (TPSA) is 39.4 Å². The van der Waals surface area contributed by atoms with E-state index in [1.165, 1.54) is 6.26 Å². The summed E-state index contributed by atoms with van der Waals surface area (Å²) in [6.45, 7) is 1.93. The number of aryl methyl sites for hydroxylation is 1. The van der Waals surface area contributed by atoms with Crippen LogP contribution in [0.1, 0.15) is 5.56 Å². The standard InChI is InChI=1S/C17H14O3/c1-11-4-3-5-14-16(18)15(10-20-17(11)14)12-6-8-13(19-2)9-7-12/h3-10H,1-2H3. The number of methoxy groups -OCH3 is 1. The quantitative estimate of drug-likeness (QED) is 0.708. The first kappa shape index (κ1) is 12.5. The van der Waals surface area contributed by atoms with Crippen LogP contribution in [0.25, 0.3) is 22.1 Å². The summed E-state index contributed by atoms with van der Waals surface area (Å²) in [5.41, 5.74) is 2.98. The zero-order valence-corrected chi connectivity index (χ0v) is 11.3. The maximum atomic E-state index is 12.5. The third-order valence-electron chi connectivity index (χ3n) is 3.40. The number of ether oxygens (including phenoxy) is 1. The van der Waals surface area contributed by atoms with E-state index in [4.69, 9.17) is 9.15 Å². The monoisotopic (exact) mass is 266 g/mol. The molecule has 0 saturated heterocycles. The maximum absolute atomic E-state index is 12.5. The van der Waals surface area contributed by atoms with Crippen LogP contribution in [-0.2, 0) is 0 Å². The Bertz CT molecular complexity index is 814. The fourth-order valence-electron chi connectivity index (χ4n) is 2.27. The zero-order valence-electron chi connectivity index (χ0n) is 11.3. The highest BCUT2D eigenvalue weighted by Crippen LogP contribution is 2.23. The van der Waals surface area contributed by atoms with E-state index in [1.807, 2.05) is 43.3 Å². The van der Waals surface area contributed by atoms with Gasteiger partial charge >= 0.3 is 0 Å². The van der Waals surface area contributed by atoms with E-state index in [-0.39, 0.29) is 5.43 Å². The fraction of sp³-hybridized carbons (Fsp3) is 0.118. The second-order valence-corrected chi connectivity index (χ2v) is 4.66. The van der Waals surface area contributed by atoms with Crippen molar-refractivity contribution in [2.75, 3.05) is 7.11 Å². The van der Waals surface area contributed by atoms with Crippen molar-refractivity contribution < 1.29 is 9.15 Å². The number of hydrogen-bond donors (Lipinski definition) is 0. The Balaban J connectivity index is 2.21. The lowest BCUT2D eigenvalue weighted by Gasteiger charge is -2.05. The van der Waals surface area contributed by atoms with Gasteiger partial charge in [-0.05, 0) is 36.2 Å². The third-order valence-corrected chi connectivity index (χ3v) is 3.40. The van der Waals surface area contributed by atoms with Gasteiger partial charge in [0.1, 0.15) is 17.6 Å². The number of benzene rings is 2.